The molecule has 0 aliphatic heterocycles. The molecule has 4 nitrogen and oxygen atoms in total. The lowest BCUT2D eigenvalue weighted by Gasteiger charge is -2.09. The summed E-state index contributed by atoms with van der Waals surface area (Å²) >= 11 is 0. The van der Waals surface area contributed by atoms with Gasteiger partial charge < -0.3 is 10.2 Å². The summed E-state index contributed by atoms with van der Waals surface area (Å²) in [5.41, 5.74) is -3.32. The normalized spacial score (nSPS) is 14.2. The second-order valence-electron chi connectivity index (χ2n) is 4.47. The number of carboxylic acid groups (broad SMARTS) is 2. The molecule has 0 saturated carbocycles. The topological polar surface area (TPSA) is 74.6 Å². The van der Waals surface area contributed by atoms with Crippen molar-refractivity contribution in [2.24, 2.45) is 0 Å². The van der Waals surface area contributed by atoms with Crippen LogP contribution in [0.25, 0.3) is 0 Å². The SMILES string of the molecule is O=C(O)C(CF)=C(F)CCCCCC(F)=C(C(=O)O)C(F)(F)F. The Balaban J connectivity index is 4.53. The molecule has 0 radical (unpaired) electrons. The van der Waals surface area contributed by atoms with Crippen molar-refractivity contribution in [2.75, 3.05) is 6.67 Å². The largest absolute Gasteiger partial charge is 0.478 e. The van der Waals surface area contributed by atoms with E-state index in [-0.39, 0.29) is 19.3 Å². The zero-order valence-corrected chi connectivity index (χ0v) is 11.7. The molecular weight excluding hydrogens is 334 g/mol. The zero-order valence-electron chi connectivity index (χ0n) is 11.7. The number of allylic oxidation sites excluding steroid dienone is 2. The predicted molar refractivity (Wildman–Crippen MR) is 66.7 cm³/mol. The van der Waals surface area contributed by atoms with Gasteiger partial charge in [0.05, 0.1) is 5.57 Å². The van der Waals surface area contributed by atoms with Crippen molar-refractivity contribution in [3.05, 3.63) is 22.8 Å². The van der Waals surface area contributed by atoms with Crippen LogP contribution < -0.4 is 0 Å². The molecule has 23 heavy (non-hydrogen) atoms. The number of carboxylic acids is 2. The number of alkyl halides is 4. The fraction of sp³-hybridized carbons (Fsp3) is 0.538. The van der Waals surface area contributed by atoms with E-state index in [4.69, 9.17) is 10.2 Å². The molecule has 0 unspecified atom stereocenters. The van der Waals surface area contributed by atoms with E-state index in [0.717, 1.165) is 0 Å². The number of hydrogen-bond donors (Lipinski definition) is 2. The van der Waals surface area contributed by atoms with E-state index in [9.17, 15) is 35.9 Å². The molecule has 0 aromatic carbocycles. The standard InChI is InChI=1S/C13H14F6O4/c14-6-7(11(20)21)8(15)4-2-1-3-5-9(16)10(12(22)23)13(17,18)19/h1-6H2,(H,20,21)(H,22,23). The van der Waals surface area contributed by atoms with Gasteiger partial charge in [-0.1, -0.05) is 6.42 Å². The summed E-state index contributed by atoms with van der Waals surface area (Å²) in [5.74, 6) is -7.22. The second-order valence-corrected chi connectivity index (χ2v) is 4.47. The van der Waals surface area contributed by atoms with Crippen molar-refractivity contribution in [2.45, 2.75) is 38.3 Å². The molecule has 0 aromatic heterocycles. The van der Waals surface area contributed by atoms with E-state index in [1.165, 1.54) is 0 Å². The molecule has 0 amide bonds. The van der Waals surface area contributed by atoms with Crippen LogP contribution in [0, 0.1) is 0 Å². The molecule has 0 heterocycles. The van der Waals surface area contributed by atoms with Gasteiger partial charge in [0.15, 0.2) is 5.57 Å². The maximum absolute atomic E-state index is 13.3. The Labute approximate surface area is 127 Å². The molecule has 0 spiro atoms. The number of halogens is 6. The Morgan fingerprint density at radius 1 is 0.826 bits per heavy atom. The lowest BCUT2D eigenvalue weighted by atomic mass is 10.1. The summed E-state index contributed by atoms with van der Waals surface area (Å²) < 4.78 is 75.6. The minimum atomic E-state index is -5.33. The number of rotatable bonds is 9. The molecular formula is C13H14F6O4. The van der Waals surface area contributed by atoms with Crippen LogP contribution in [0.5, 0.6) is 0 Å². The Bertz CT molecular complexity index is 507. The van der Waals surface area contributed by atoms with Gasteiger partial charge in [-0.3, -0.25) is 0 Å². The highest BCUT2D eigenvalue weighted by Crippen LogP contribution is 2.31. The predicted octanol–water partition coefficient (Wildman–Crippen LogP) is 4.09. The lowest BCUT2D eigenvalue weighted by molar-refractivity contribution is -0.145. The van der Waals surface area contributed by atoms with Crippen LogP contribution in [0.2, 0.25) is 0 Å². The molecule has 0 aliphatic carbocycles. The third-order valence-electron chi connectivity index (χ3n) is 2.78. The highest BCUT2D eigenvalue weighted by Gasteiger charge is 2.41. The maximum atomic E-state index is 13.3. The van der Waals surface area contributed by atoms with Crippen molar-refractivity contribution >= 4 is 11.9 Å². The fourth-order valence-corrected chi connectivity index (χ4v) is 1.65. The minimum Gasteiger partial charge on any atom is -0.478 e. The van der Waals surface area contributed by atoms with E-state index in [0.29, 0.717) is 0 Å². The molecule has 2 N–H and O–H groups in total. The molecule has 0 aliphatic rings. The monoisotopic (exact) mass is 348 g/mol. The van der Waals surface area contributed by atoms with Crippen molar-refractivity contribution < 1.29 is 46.1 Å². The minimum absolute atomic E-state index is 0.00474. The summed E-state index contributed by atoms with van der Waals surface area (Å²) in [6, 6.07) is 0. The fourth-order valence-electron chi connectivity index (χ4n) is 1.65. The molecule has 132 valence electrons. The van der Waals surface area contributed by atoms with Crippen molar-refractivity contribution in [3.8, 4) is 0 Å². The summed E-state index contributed by atoms with van der Waals surface area (Å²) in [5, 5.41) is 16.8. The smallest absolute Gasteiger partial charge is 0.425 e. The van der Waals surface area contributed by atoms with Gasteiger partial charge in [-0.15, -0.1) is 0 Å². The Hall–Kier alpha value is -2.00. The van der Waals surface area contributed by atoms with Gasteiger partial charge in [0, 0.05) is 6.42 Å². The highest BCUT2D eigenvalue weighted by atomic mass is 19.4. The lowest BCUT2D eigenvalue weighted by Crippen LogP contribution is -2.21. The Morgan fingerprint density at radius 3 is 1.65 bits per heavy atom. The third kappa shape index (κ3) is 7.20. The average molecular weight is 348 g/mol. The molecule has 0 bridgehead atoms. The van der Waals surface area contributed by atoms with Crippen LogP contribution >= 0.6 is 0 Å². The van der Waals surface area contributed by atoms with E-state index < -0.39 is 60.4 Å². The molecule has 0 rings (SSSR count). The van der Waals surface area contributed by atoms with Gasteiger partial charge in [-0.05, 0) is 19.3 Å². The van der Waals surface area contributed by atoms with Crippen LogP contribution in [-0.2, 0) is 9.59 Å². The molecule has 0 fully saturated rings. The number of unbranched alkanes of at least 4 members (excludes halogenated alkanes) is 2. The van der Waals surface area contributed by atoms with Crippen LogP contribution in [0.15, 0.2) is 22.8 Å². The maximum Gasteiger partial charge on any atom is 0.425 e. The van der Waals surface area contributed by atoms with Crippen molar-refractivity contribution in [3.63, 3.8) is 0 Å². The van der Waals surface area contributed by atoms with E-state index in [2.05, 4.69) is 0 Å². The van der Waals surface area contributed by atoms with Crippen LogP contribution in [0.4, 0.5) is 26.3 Å². The number of carbonyl (C=O) groups is 2. The van der Waals surface area contributed by atoms with Gasteiger partial charge in [-0.25, -0.2) is 22.8 Å². The zero-order chi connectivity index (χ0) is 18.2. The molecule has 0 aromatic rings. The Morgan fingerprint density at radius 2 is 1.30 bits per heavy atom. The molecule has 10 heteroatoms. The quantitative estimate of drug-likeness (QED) is 0.374. The molecule has 0 saturated heterocycles. The third-order valence-corrected chi connectivity index (χ3v) is 2.78. The van der Waals surface area contributed by atoms with Crippen molar-refractivity contribution in [1.29, 1.82) is 0 Å². The molecule has 0 atom stereocenters. The first-order valence-electron chi connectivity index (χ1n) is 6.38. The first-order chi connectivity index (χ1) is 10.5. The summed E-state index contributed by atoms with van der Waals surface area (Å²) in [6.07, 6.45) is -6.84. The first kappa shape index (κ1) is 21.0. The number of hydrogen-bond acceptors (Lipinski definition) is 2. The van der Waals surface area contributed by atoms with Crippen LogP contribution in [-0.4, -0.2) is 35.0 Å². The summed E-state index contributed by atoms with van der Waals surface area (Å²) in [7, 11) is 0. The van der Waals surface area contributed by atoms with Gasteiger partial charge in [0.25, 0.3) is 0 Å². The van der Waals surface area contributed by atoms with Gasteiger partial charge in [0.1, 0.15) is 18.3 Å². The Kier molecular flexibility index (Phi) is 8.41. The van der Waals surface area contributed by atoms with Crippen molar-refractivity contribution in [1.82, 2.24) is 0 Å². The summed E-state index contributed by atoms with van der Waals surface area (Å²) in [4.78, 5) is 20.8. The highest BCUT2D eigenvalue weighted by molar-refractivity contribution is 5.88. The second kappa shape index (κ2) is 9.21. The van der Waals surface area contributed by atoms with Gasteiger partial charge >= 0.3 is 18.1 Å². The first-order valence-corrected chi connectivity index (χ1v) is 6.38. The van der Waals surface area contributed by atoms with Gasteiger partial charge in [-0.2, -0.15) is 13.2 Å². The van der Waals surface area contributed by atoms with E-state index in [1.54, 1.807) is 0 Å². The number of aliphatic carboxylic acids is 2. The van der Waals surface area contributed by atoms with E-state index >= 15 is 0 Å². The van der Waals surface area contributed by atoms with Crippen LogP contribution in [0.1, 0.15) is 32.1 Å². The summed E-state index contributed by atoms with van der Waals surface area (Å²) in [6.45, 7) is -1.51. The van der Waals surface area contributed by atoms with E-state index in [1.807, 2.05) is 0 Å². The van der Waals surface area contributed by atoms with Gasteiger partial charge in [0.2, 0.25) is 0 Å². The average Bonchev–Trinajstić information content (AvgIpc) is 2.36. The van der Waals surface area contributed by atoms with Crippen LogP contribution in [0.3, 0.4) is 0 Å².